The molecule has 2 unspecified atom stereocenters. The second-order valence-corrected chi connectivity index (χ2v) is 20.9. The van der Waals surface area contributed by atoms with Crippen molar-refractivity contribution in [2.45, 2.75) is 134 Å². The summed E-state index contributed by atoms with van der Waals surface area (Å²) in [6, 6.07) is 5.86. The Labute approximate surface area is 264 Å². The van der Waals surface area contributed by atoms with Crippen LogP contribution in [0.3, 0.4) is 0 Å². The number of rotatable bonds is 5. The van der Waals surface area contributed by atoms with E-state index in [-0.39, 0.29) is 46.6 Å². The average Bonchev–Trinajstić information content (AvgIpc) is 3.23. The fourth-order valence-electron chi connectivity index (χ4n) is 10.2. The molecule has 0 aromatic heterocycles. The summed E-state index contributed by atoms with van der Waals surface area (Å²) in [6.45, 7) is 24.1. The fraction of sp³-hybridized carbons (Fsp3) is 0.632. The van der Waals surface area contributed by atoms with Gasteiger partial charge >= 0.3 is 5.92 Å². The number of hydrogen-bond donors (Lipinski definition) is 1. The van der Waals surface area contributed by atoms with E-state index in [9.17, 15) is 9.90 Å². The summed E-state index contributed by atoms with van der Waals surface area (Å²) in [5, 5.41) is 12.4. The SMILES string of the molecule is [C-]#[N+]c1ccc([C@H]2C[C@@]3(C)C(CC[C@@]3(O)C(F)(F)C#C[Si](C(C)C)(C(C)C)C(C)C)C3CCC4=CC(=O)CCC4=C32)cc1C. The fourth-order valence-corrected chi connectivity index (χ4v) is 15.5. The highest BCUT2D eigenvalue weighted by Gasteiger charge is 2.71. The lowest BCUT2D eigenvalue weighted by Crippen LogP contribution is -2.60. The van der Waals surface area contributed by atoms with Gasteiger partial charge in [-0.1, -0.05) is 72.2 Å². The third-order valence-electron chi connectivity index (χ3n) is 12.5. The van der Waals surface area contributed by atoms with Crippen LogP contribution in [0.2, 0.25) is 16.6 Å². The molecule has 0 heterocycles. The van der Waals surface area contributed by atoms with Gasteiger partial charge in [0.05, 0.1) is 6.57 Å². The molecule has 0 radical (unpaired) electrons. The van der Waals surface area contributed by atoms with Gasteiger partial charge in [-0.25, -0.2) is 4.85 Å². The van der Waals surface area contributed by atoms with Gasteiger partial charge < -0.3 is 5.11 Å². The summed E-state index contributed by atoms with van der Waals surface area (Å²) in [6.07, 6.45) is 5.49. The van der Waals surface area contributed by atoms with Crippen molar-refractivity contribution in [3.05, 3.63) is 63.5 Å². The van der Waals surface area contributed by atoms with Crippen molar-refractivity contribution in [2.75, 3.05) is 0 Å². The Kier molecular flexibility index (Phi) is 8.48. The van der Waals surface area contributed by atoms with Crippen molar-refractivity contribution in [1.29, 1.82) is 0 Å². The van der Waals surface area contributed by atoms with Gasteiger partial charge in [-0.3, -0.25) is 4.79 Å². The van der Waals surface area contributed by atoms with Crippen LogP contribution in [0.4, 0.5) is 14.5 Å². The number of alkyl halides is 2. The van der Waals surface area contributed by atoms with E-state index in [0.29, 0.717) is 31.4 Å². The lowest BCUT2D eigenvalue weighted by Gasteiger charge is -2.55. The standard InChI is InChI=1S/C38H49F2NO2Si/c1-23(2)44(24(3)4,25(5)6)19-18-38(39,40)37(43)17-16-33-31-13-10-28-21-29(42)12-14-30(28)35(31)32(22-36(33,37)8)27-11-15-34(41-9)26(7)20-27/h11,15,20-21,23-25,31-33,43H,10,12-14,16-17,22H2,1-8H3/t31?,32-,33?,36+,37+/m1/s1. The highest BCUT2D eigenvalue weighted by atomic mass is 28.3. The quantitative estimate of drug-likeness (QED) is 0.203. The molecule has 1 aromatic rings. The van der Waals surface area contributed by atoms with Crippen molar-refractivity contribution in [1.82, 2.24) is 0 Å². The third-order valence-corrected chi connectivity index (χ3v) is 18.7. The molecule has 5 atom stereocenters. The first-order valence-corrected chi connectivity index (χ1v) is 18.9. The van der Waals surface area contributed by atoms with Crippen LogP contribution in [0.1, 0.15) is 110 Å². The summed E-state index contributed by atoms with van der Waals surface area (Å²) in [4.78, 5) is 16.0. The third kappa shape index (κ3) is 4.78. The molecule has 44 heavy (non-hydrogen) atoms. The lowest BCUT2D eigenvalue weighted by molar-refractivity contribution is -0.209. The Morgan fingerprint density at radius 1 is 1.07 bits per heavy atom. The second-order valence-electron chi connectivity index (χ2n) is 15.3. The predicted octanol–water partition coefficient (Wildman–Crippen LogP) is 10.0. The number of ketones is 1. The number of carbonyl (C=O) groups excluding carboxylic acids is 1. The highest BCUT2D eigenvalue weighted by molar-refractivity contribution is 6.90. The van der Waals surface area contributed by atoms with Crippen molar-refractivity contribution in [3.8, 4) is 11.5 Å². The Hall–Kier alpha value is -2.54. The normalized spacial score (nSPS) is 30.4. The van der Waals surface area contributed by atoms with E-state index >= 15 is 8.78 Å². The molecule has 0 aliphatic heterocycles. The van der Waals surface area contributed by atoms with Crippen LogP contribution >= 0.6 is 0 Å². The maximum atomic E-state index is 16.8. The predicted molar refractivity (Wildman–Crippen MR) is 176 cm³/mol. The molecule has 0 saturated heterocycles. The molecule has 0 spiro atoms. The molecule has 0 bridgehead atoms. The summed E-state index contributed by atoms with van der Waals surface area (Å²) < 4.78 is 33.6. The minimum Gasteiger partial charge on any atom is -0.382 e. The first-order chi connectivity index (χ1) is 20.5. The number of carbonyl (C=O) groups is 1. The van der Waals surface area contributed by atoms with Crippen molar-refractivity contribution in [2.24, 2.45) is 17.3 Å². The van der Waals surface area contributed by atoms with E-state index in [1.54, 1.807) is 0 Å². The van der Waals surface area contributed by atoms with Gasteiger partial charge in [0.2, 0.25) is 0 Å². The first-order valence-electron chi connectivity index (χ1n) is 16.6. The van der Waals surface area contributed by atoms with Crippen LogP contribution in [-0.4, -0.2) is 30.5 Å². The largest absolute Gasteiger partial charge is 0.382 e. The topological polar surface area (TPSA) is 41.7 Å². The smallest absolute Gasteiger partial charge is 0.336 e. The van der Waals surface area contributed by atoms with Gasteiger partial charge in [-0.05, 0) is 108 Å². The van der Waals surface area contributed by atoms with Gasteiger partial charge in [0.1, 0.15) is 13.7 Å². The molecule has 236 valence electrons. The minimum absolute atomic E-state index is 0.0259. The Morgan fingerprint density at radius 3 is 2.32 bits per heavy atom. The minimum atomic E-state index is -3.55. The van der Waals surface area contributed by atoms with E-state index in [1.165, 1.54) is 11.1 Å². The molecule has 4 aliphatic rings. The monoisotopic (exact) mass is 617 g/mol. The van der Waals surface area contributed by atoms with Crippen LogP contribution in [0.5, 0.6) is 0 Å². The number of aryl methyl sites for hydroxylation is 1. The van der Waals surface area contributed by atoms with Gasteiger partial charge in [-0.2, -0.15) is 8.78 Å². The van der Waals surface area contributed by atoms with E-state index in [4.69, 9.17) is 6.57 Å². The van der Waals surface area contributed by atoms with Gasteiger partial charge in [0.15, 0.2) is 11.5 Å². The molecule has 2 fully saturated rings. The summed E-state index contributed by atoms with van der Waals surface area (Å²) >= 11 is 0. The van der Waals surface area contributed by atoms with Crippen molar-refractivity contribution >= 4 is 19.5 Å². The van der Waals surface area contributed by atoms with Crippen LogP contribution in [0, 0.1) is 42.2 Å². The molecule has 1 aromatic carbocycles. The van der Waals surface area contributed by atoms with E-state index in [0.717, 1.165) is 29.5 Å². The lowest BCUT2D eigenvalue weighted by atomic mass is 9.50. The molecule has 6 heteroatoms. The summed E-state index contributed by atoms with van der Waals surface area (Å²) in [7, 11) is -2.44. The zero-order valence-electron chi connectivity index (χ0n) is 27.8. The van der Waals surface area contributed by atoms with Crippen LogP contribution in [0.15, 0.2) is 41.0 Å². The van der Waals surface area contributed by atoms with E-state index in [2.05, 4.69) is 57.9 Å². The number of nitrogens with zero attached hydrogens (tertiary/aromatic N) is 1. The summed E-state index contributed by atoms with van der Waals surface area (Å²) in [5.41, 5.74) is 6.70. The Bertz CT molecular complexity index is 1500. The average molecular weight is 618 g/mol. The molecular formula is C38H49F2NO2Si. The molecule has 0 amide bonds. The number of aliphatic hydroxyl groups is 1. The molecule has 3 nitrogen and oxygen atoms in total. The molecule has 2 saturated carbocycles. The number of halogens is 2. The first kappa shape index (κ1) is 32.8. The maximum Gasteiger partial charge on any atom is 0.336 e. The summed E-state index contributed by atoms with van der Waals surface area (Å²) in [5.74, 6) is -1.07. The molecule has 5 rings (SSSR count). The van der Waals surface area contributed by atoms with E-state index < -0.39 is 25.0 Å². The number of hydrogen-bond acceptors (Lipinski definition) is 2. The molecule has 1 N–H and O–H groups in total. The molecular weight excluding hydrogens is 569 g/mol. The van der Waals surface area contributed by atoms with Gasteiger partial charge in [0.25, 0.3) is 0 Å². The van der Waals surface area contributed by atoms with Crippen LogP contribution in [-0.2, 0) is 4.79 Å². The highest BCUT2D eigenvalue weighted by Crippen LogP contribution is 2.69. The second kappa shape index (κ2) is 11.4. The van der Waals surface area contributed by atoms with Crippen LogP contribution in [0.25, 0.3) is 4.85 Å². The number of benzene rings is 1. The van der Waals surface area contributed by atoms with Crippen molar-refractivity contribution in [3.63, 3.8) is 0 Å². The zero-order valence-corrected chi connectivity index (χ0v) is 28.8. The van der Waals surface area contributed by atoms with Crippen molar-refractivity contribution < 1.29 is 18.7 Å². The maximum absolute atomic E-state index is 16.8. The molecule has 4 aliphatic carbocycles. The Balaban J connectivity index is 1.66. The Morgan fingerprint density at radius 2 is 1.73 bits per heavy atom. The zero-order chi connectivity index (χ0) is 32.4. The van der Waals surface area contributed by atoms with Gasteiger partial charge in [-0.15, -0.1) is 5.54 Å². The number of allylic oxidation sites excluding steroid dienone is 4. The number of fused-ring (bicyclic) bond motifs is 4. The van der Waals surface area contributed by atoms with Gasteiger partial charge in [0, 0.05) is 17.8 Å². The van der Waals surface area contributed by atoms with E-state index in [1.807, 2.05) is 38.1 Å². The van der Waals surface area contributed by atoms with Crippen LogP contribution < -0.4 is 0 Å².